The van der Waals surface area contributed by atoms with Gasteiger partial charge in [-0.1, -0.05) is 57.2 Å². The second-order valence-corrected chi connectivity index (χ2v) is 21.8. The molecule has 6 N–H and O–H groups in total. The highest BCUT2D eigenvalue weighted by Gasteiger charge is 2.46. The maximum Gasteiger partial charge on any atom is 0.246 e. The van der Waals surface area contributed by atoms with Crippen molar-refractivity contribution in [3.05, 3.63) is 90.4 Å². The van der Waals surface area contributed by atoms with E-state index in [1.165, 1.54) is 10.5 Å². The molecule has 1 saturated carbocycles. The molecule has 4 aliphatic heterocycles. The zero-order valence-electron chi connectivity index (χ0n) is 41.9. The van der Waals surface area contributed by atoms with Crippen LogP contribution in [0.1, 0.15) is 95.6 Å². The van der Waals surface area contributed by atoms with Gasteiger partial charge in [0.15, 0.2) is 5.82 Å². The Labute approximate surface area is 421 Å². The van der Waals surface area contributed by atoms with Crippen LogP contribution in [0.15, 0.2) is 79.3 Å². The number of fused-ring (bicyclic) bond motifs is 2. The van der Waals surface area contributed by atoms with Crippen LogP contribution in [0.2, 0.25) is 0 Å². The molecule has 0 spiro atoms. The fourth-order valence-electron chi connectivity index (χ4n) is 12.0. The number of hydrogen-bond donors (Lipinski definition) is 5. The topological polar surface area (TPSA) is 224 Å². The lowest BCUT2D eigenvalue weighted by atomic mass is 9.81. The summed E-state index contributed by atoms with van der Waals surface area (Å²) in [6.45, 7) is 9.57. The molecule has 7 heterocycles. The number of piperidine rings is 1. The molecule has 3 aromatic heterocycles. The fraction of sp³-hybridized carbons (Fsp3) is 0.519. The minimum Gasteiger partial charge on any atom is -0.507 e. The molecule has 2 aromatic carbocycles. The number of phenols is 1. The van der Waals surface area contributed by atoms with Gasteiger partial charge in [-0.2, -0.15) is 5.10 Å². The molecule has 5 aromatic rings. The number of phenolic OH excluding ortho intramolecular Hbond substituents is 1. The third kappa shape index (κ3) is 10.2. The molecule has 2 unspecified atom stereocenters. The van der Waals surface area contributed by atoms with Crippen molar-refractivity contribution in [1.29, 1.82) is 0 Å². The zero-order valence-corrected chi connectivity index (χ0v) is 41.9. The molecule has 72 heavy (non-hydrogen) atoms. The van der Waals surface area contributed by atoms with Gasteiger partial charge >= 0.3 is 0 Å². The van der Waals surface area contributed by atoms with Crippen molar-refractivity contribution >= 4 is 35.2 Å². The number of β-amino-alcohol motifs (C(OH)–C–C–N with tert-alkyl or cyclic N) is 1. The minimum atomic E-state index is -0.859. The van der Waals surface area contributed by atoms with Gasteiger partial charge in [-0.25, -0.2) is 9.97 Å². The Hall–Kier alpha value is -6.66. The number of amides is 3. The summed E-state index contributed by atoms with van der Waals surface area (Å²) in [7, 11) is 1.89. The smallest absolute Gasteiger partial charge is 0.246 e. The van der Waals surface area contributed by atoms with Crippen LogP contribution >= 0.6 is 0 Å². The maximum atomic E-state index is 14.3. The zero-order chi connectivity index (χ0) is 50.3. The Morgan fingerprint density at radius 1 is 0.833 bits per heavy atom. The van der Waals surface area contributed by atoms with Gasteiger partial charge in [0.2, 0.25) is 23.7 Å². The molecule has 18 nitrogen and oxygen atoms in total. The van der Waals surface area contributed by atoms with E-state index in [1.54, 1.807) is 23.0 Å². The molecule has 380 valence electrons. The SMILES string of the molecule is Cn1nccc1-c1ccc(CNC(=O)[C@@H]2C[C@@H](O)CN2C(=O)[C@@H](NC(=O)[C@H]2CC[C@H](N3CCC(c4cnc(N5C6CCC5CN(c5cc(-c7ccccc7O)nnc5N)C6)nc4)CC3)CC2)C(C)(C)C)cc1. The lowest BCUT2D eigenvalue weighted by Gasteiger charge is -2.42. The Balaban J connectivity index is 0.686. The maximum absolute atomic E-state index is 14.3. The number of aromatic hydroxyl groups is 1. The summed E-state index contributed by atoms with van der Waals surface area (Å²) in [5.74, 6) is 0.692. The van der Waals surface area contributed by atoms with Crippen molar-refractivity contribution in [2.75, 3.05) is 48.3 Å². The van der Waals surface area contributed by atoms with E-state index in [9.17, 15) is 24.6 Å². The fourth-order valence-corrected chi connectivity index (χ4v) is 12.0. The lowest BCUT2D eigenvalue weighted by Crippen LogP contribution is -2.58. The van der Waals surface area contributed by atoms with Crippen LogP contribution < -0.4 is 26.2 Å². The molecule has 5 fully saturated rings. The van der Waals surface area contributed by atoms with E-state index in [0.29, 0.717) is 29.0 Å². The minimum absolute atomic E-state index is 0.0338. The molecule has 5 aliphatic rings. The highest BCUT2D eigenvalue weighted by atomic mass is 16.3. The molecule has 2 bridgehead atoms. The van der Waals surface area contributed by atoms with Gasteiger partial charge < -0.3 is 46.2 Å². The molecule has 3 amide bonds. The summed E-state index contributed by atoms with van der Waals surface area (Å²) in [4.78, 5) is 60.6. The number of para-hydroxylation sites is 1. The number of nitrogens with two attached hydrogens (primary N) is 1. The first-order chi connectivity index (χ1) is 34.7. The monoisotopic (exact) mass is 980 g/mol. The number of nitrogen functional groups attached to an aromatic ring is 1. The number of rotatable bonds is 12. The van der Waals surface area contributed by atoms with E-state index < -0.39 is 23.6 Å². The van der Waals surface area contributed by atoms with Crippen LogP contribution in [-0.4, -0.2) is 137 Å². The number of benzene rings is 2. The van der Waals surface area contributed by atoms with Crippen LogP contribution in [0.25, 0.3) is 22.5 Å². The lowest BCUT2D eigenvalue weighted by molar-refractivity contribution is -0.144. The van der Waals surface area contributed by atoms with Gasteiger partial charge in [0.1, 0.15) is 17.8 Å². The second kappa shape index (κ2) is 20.5. The third-order valence-corrected chi connectivity index (χ3v) is 16.1. The summed E-state index contributed by atoms with van der Waals surface area (Å²) in [5.41, 5.74) is 11.9. The number of nitrogens with zero attached hydrogens (tertiary/aromatic N) is 10. The van der Waals surface area contributed by atoms with Gasteiger partial charge in [0.25, 0.3) is 0 Å². The van der Waals surface area contributed by atoms with E-state index in [-0.39, 0.29) is 61.0 Å². The number of carbonyl (C=O) groups is 3. The second-order valence-electron chi connectivity index (χ2n) is 21.8. The summed E-state index contributed by atoms with van der Waals surface area (Å²) in [5, 5.41) is 40.1. The van der Waals surface area contributed by atoms with E-state index in [4.69, 9.17) is 15.7 Å². The third-order valence-electron chi connectivity index (χ3n) is 16.1. The molecule has 0 radical (unpaired) electrons. The van der Waals surface area contributed by atoms with Crippen molar-refractivity contribution in [3.63, 3.8) is 0 Å². The first-order valence-electron chi connectivity index (χ1n) is 25.8. The Kier molecular flexibility index (Phi) is 13.9. The standard InChI is InChI=1S/C54H69N13O5/c1-54(2,3)48(52(72)66-32-41(68)25-46(66)51(71)56-27-33-9-11-35(12-10-33)44-19-22-59-63(44)4)60-50(70)36-13-15-38(16-14-36)64-23-20-34(21-24-64)37-28-57-53(58-29-37)67-39-17-18-40(67)31-65(30-39)45-26-43(61-62-49(45)55)42-7-5-6-8-47(42)69/h5-12,19,22,26,28-29,34,36,38-41,46,48,68-69H,13-18,20-21,23-25,27,30-32H2,1-4H3,(H2,55,62)(H,56,71)(H,60,70)/t36-,38-,39?,40?,41-,46+,48-/m1/s1. The number of nitrogens with one attached hydrogen (secondary N) is 2. The van der Waals surface area contributed by atoms with Gasteiger partial charge in [0.05, 0.1) is 23.2 Å². The summed E-state index contributed by atoms with van der Waals surface area (Å²) in [6, 6.07) is 18.1. The Bertz CT molecular complexity index is 2710. The number of aliphatic hydroxyl groups is 1. The molecule has 18 heteroatoms. The number of piperazine rings is 1. The van der Waals surface area contributed by atoms with Crippen molar-refractivity contribution < 1.29 is 24.6 Å². The number of aliphatic hydroxyl groups excluding tert-OH is 1. The Morgan fingerprint density at radius 3 is 2.17 bits per heavy atom. The van der Waals surface area contributed by atoms with E-state index in [2.05, 4.69) is 40.6 Å². The number of aromatic nitrogens is 6. The largest absolute Gasteiger partial charge is 0.507 e. The van der Waals surface area contributed by atoms with Crippen LogP contribution in [0, 0.1) is 11.3 Å². The number of carbonyl (C=O) groups excluding carboxylic acids is 3. The Morgan fingerprint density at radius 2 is 1.51 bits per heavy atom. The highest BCUT2D eigenvalue weighted by molar-refractivity contribution is 5.93. The van der Waals surface area contributed by atoms with Gasteiger partial charge in [-0.05, 0) is 117 Å². The van der Waals surface area contributed by atoms with E-state index >= 15 is 0 Å². The van der Waals surface area contributed by atoms with E-state index in [1.807, 2.05) is 88.7 Å². The van der Waals surface area contributed by atoms with Crippen LogP contribution in [0.5, 0.6) is 5.75 Å². The summed E-state index contributed by atoms with van der Waals surface area (Å²) < 4.78 is 1.80. The van der Waals surface area contributed by atoms with Crippen LogP contribution in [-0.2, 0) is 28.0 Å². The predicted molar refractivity (Wildman–Crippen MR) is 274 cm³/mol. The normalized spacial score (nSPS) is 24.3. The highest BCUT2D eigenvalue weighted by Crippen LogP contribution is 2.39. The molecule has 4 saturated heterocycles. The van der Waals surface area contributed by atoms with Gasteiger partial charge in [-0.3, -0.25) is 19.1 Å². The van der Waals surface area contributed by atoms with Crippen LogP contribution in [0.4, 0.5) is 17.5 Å². The average Bonchev–Trinajstić information content (AvgIpc) is 4.08. The first-order valence-corrected chi connectivity index (χ1v) is 25.8. The molecule has 1 aliphatic carbocycles. The van der Waals surface area contributed by atoms with Crippen molar-refractivity contribution in [2.24, 2.45) is 18.4 Å². The van der Waals surface area contributed by atoms with Crippen molar-refractivity contribution in [3.8, 4) is 28.3 Å². The predicted octanol–water partition coefficient (Wildman–Crippen LogP) is 5.03. The van der Waals surface area contributed by atoms with Gasteiger partial charge in [-0.15, -0.1) is 10.2 Å². The number of hydrogen-bond acceptors (Lipinski definition) is 14. The van der Waals surface area contributed by atoms with Gasteiger partial charge in [0, 0.05) is 87.8 Å². The summed E-state index contributed by atoms with van der Waals surface area (Å²) in [6.07, 6.45) is 12.6. The van der Waals surface area contributed by atoms with E-state index in [0.717, 1.165) is 106 Å². The molecular formula is C54H69N13O5. The van der Waals surface area contributed by atoms with Crippen molar-refractivity contribution in [1.82, 2.24) is 50.4 Å². The average molecular weight is 980 g/mol. The van der Waals surface area contributed by atoms with Crippen LogP contribution in [0.3, 0.4) is 0 Å². The quantitative estimate of drug-likeness (QED) is 0.111. The molecular weight excluding hydrogens is 911 g/mol. The first kappa shape index (κ1) is 48.9. The van der Waals surface area contributed by atoms with Crippen molar-refractivity contribution in [2.45, 2.75) is 127 Å². The molecule has 5 atom stereocenters. The number of anilines is 3. The number of aryl methyl sites for hydroxylation is 1. The molecule has 10 rings (SSSR count). The number of likely N-dealkylation sites (tertiary alicyclic amines) is 2. The summed E-state index contributed by atoms with van der Waals surface area (Å²) >= 11 is 0.